The molecule has 1 fully saturated rings. The fourth-order valence-corrected chi connectivity index (χ4v) is 3.68. The summed E-state index contributed by atoms with van der Waals surface area (Å²) >= 11 is 0. The summed E-state index contributed by atoms with van der Waals surface area (Å²) in [6.07, 6.45) is -2.97. The van der Waals surface area contributed by atoms with Crippen molar-refractivity contribution in [2.45, 2.75) is 6.18 Å². The number of rotatable bonds is 8. The molecule has 0 aliphatic carbocycles. The normalized spacial score (nSPS) is 13.6. The molecule has 0 atom stereocenters. The first-order valence-electron chi connectivity index (χ1n) is 11.3. The van der Waals surface area contributed by atoms with Crippen LogP contribution in [0.4, 0.5) is 47.7 Å². The van der Waals surface area contributed by atoms with Crippen molar-refractivity contribution < 1.29 is 27.4 Å². The molecule has 0 bridgehead atoms. The standard InChI is InChI=1S/C25H25F3N6O3/c1-3-22(35)30-18-6-4-5-7-19(18)31-23-17(25(26,27)28)15-29-24(33-23)32-20-9-8-16(14-21(20)36-2)34-10-12-37-13-11-34/h3-9,14-15H,1,10-13H2,2H3,(H,30,35)(H2,29,31,32,33). The highest BCUT2D eigenvalue weighted by Crippen LogP contribution is 2.37. The van der Waals surface area contributed by atoms with Gasteiger partial charge < -0.3 is 30.3 Å². The fourth-order valence-electron chi connectivity index (χ4n) is 3.68. The van der Waals surface area contributed by atoms with Crippen LogP contribution in [0.15, 0.2) is 61.3 Å². The van der Waals surface area contributed by atoms with E-state index in [9.17, 15) is 18.0 Å². The van der Waals surface area contributed by atoms with Crippen molar-refractivity contribution in [3.63, 3.8) is 0 Å². The van der Waals surface area contributed by atoms with Gasteiger partial charge in [0.2, 0.25) is 11.9 Å². The van der Waals surface area contributed by atoms with Crippen LogP contribution in [0.3, 0.4) is 0 Å². The first-order valence-corrected chi connectivity index (χ1v) is 11.3. The minimum absolute atomic E-state index is 0.0828. The van der Waals surface area contributed by atoms with Gasteiger partial charge in [-0.3, -0.25) is 4.79 Å². The molecule has 0 radical (unpaired) electrons. The largest absolute Gasteiger partial charge is 0.494 e. The highest BCUT2D eigenvalue weighted by atomic mass is 19.4. The van der Waals surface area contributed by atoms with Crippen LogP contribution < -0.4 is 25.6 Å². The number of methoxy groups -OCH3 is 1. The molecule has 0 saturated carbocycles. The van der Waals surface area contributed by atoms with Gasteiger partial charge in [0.15, 0.2) is 0 Å². The van der Waals surface area contributed by atoms with E-state index < -0.39 is 23.5 Å². The Kier molecular flexibility index (Phi) is 7.77. The number of para-hydroxylation sites is 2. The Hall–Kier alpha value is -4.32. The number of morpholine rings is 1. The number of nitrogens with one attached hydrogen (secondary N) is 3. The quantitative estimate of drug-likeness (QED) is 0.363. The number of carbonyl (C=O) groups excluding carboxylic acids is 1. The third-order valence-electron chi connectivity index (χ3n) is 5.53. The summed E-state index contributed by atoms with van der Waals surface area (Å²) in [6, 6.07) is 11.7. The van der Waals surface area contributed by atoms with Gasteiger partial charge in [0.1, 0.15) is 17.1 Å². The average molecular weight is 515 g/mol. The monoisotopic (exact) mass is 514 g/mol. The van der Waals surface area contributed by atoms with Crippen molar-refractivity contribution in [1.82, 2.24) is 9.97 Å². The van der Waals surface area contributed by atoms with E-state index in [1.54, 1.807) is 18.2 Å². The molecule has 1 saturated heterocycles. The Morgan fingerprint density at radius 1 is 1.11 bits per heavy atom. The third-order valence-corrected chi connectivity index (χ3v) is 5.53. The maximum atomic E-state index is 13.8. The Balaban J connectivity index is 1.64. The van der Waals surface area contributed by atoms with Crippen molar-refractivity contribution in [3.8, 4) is 5.75 Å². The van der Waals surface area contributed by atoms with Crippen molar-refractivity contribution in [2.24, 2.45) is 0 Å². The first kappa shape index (κ1) is 25.8. The molecule has 3 N–H and O–H groups in total. The van der Waals surface area contributed by atoms with Crippen molar-refractivity contribution in [3.05, 3.63) is 66.9 Å². The van der Waals surface area contributed by atoms with Crippen LogP contribution in [0.5, 0.6) is 5.75 Å². The topological polar surface area (TPSA) is 101 Å². The van der Waals surface area contributed by atoms with Crippen LogP contribution in [0.25, 0.3) is 0 Å². The molecular formula is C25H25F3N6O3. The summed E-state index contributed by atoms with van der Waals surface area (Å²) < 4.78 is 52.2. The maximum absolute atomic E-state index is 13.8. The summed E-state index contributed by atoms with van der Waals surface area (Å²) in [5.41, 5.74) is 0.801. The first-order chi connectivity index (χ1) is 17.8. The van der Waals surface area contributed by atoms with Crippen molar-refractivity contribution in [1.29, 1.82) is 0 Å². The molecule has 1 aromatic heterocycles. The summed E-state index contributed by atoms with van der Waals surface area (Å²) in [7, 11) is 1.50. The van der Waals surface area contributed by atoms with Crippen LogP contribution in [-0.4, -0.2) is 49.3 Å². The van der Waals surface area contributed by atoms with E-state index in [0.717, 1.165) is 24.9 Å². The second-order valence-corrected chi connectivity index (χ2v) is 7.93. The van der Waals surface area contributed by atoms with Gasteiger partial charge in [0.25, 0.3) is 0 Å². The molecule has 3 aromatic rings. The van der Waals surface area contributed by atoms with Crippen molar-refractivity contribution >= 4 is 40.4 Å². The lowest BCUT2D eigenvalue weighted by Gasteiger charge is -2.29. The number of hydrogen-bond donors (Lipinski definition) is 3. The number of carbonyl (C=O) groups is 1. The molecular weight excluding hydrogens is 489 g/mol. The molecule has 2 aromatic carbocycles. The lowest BCUT2D eigenvalue weighted by Crippen LogP contribution is -2.36. The number of anilines is 6. The SMILES string of the molecule is C=CC(=O)Nc1ccccc1Nc1nc(Nc2ccc(N3CCOCC3)cc2OC)ncc1C(F)(F)F. The van der Waals surface area contributed by atoms with Gasteiger partial charge in [-0.25, -0.2) is 4.98 Å². The van der Waals surface area contributed by atoms with Gasteiger partial charge in [-0.05, 0) is 30.3 Å². The molecule has 9 nitrogen and oxygen atoms in total. The molecule has 1 aliphatic rings. The van der Waals surface area contributed by atoms with Crippen LogP contribution in [0.1, 0.15) is 5.56 Å². The zero-order chi connectivity index (χ0) is 26.4. The number of halogens is 3. The Labute approximate surface area is 211 Å². The van der Waals surface area contributed by atoms with Crippen LogP contribution in [0.2, 0.25) is 0 Å². The second-order valence-electron chi connectivity index (χ2n) is 7.93. The Bertz CT molecular complexity index is 1280. The highest BCUT2D eigenvalue weighted by Gasteiger charge is 2.35. The molecule has 1 amide bonds. The summed E-state index contributed by atoms with van der Waals surface area (Å²) in [4.78, 5) is 21.9. The molecule has 4 rings (SSSR count). The highest BCUT2D eigenvalue weighted by molar-refractivity contribution is 6.01. The number of benzene rings is 2. The number of amides is 1. The third kappa shape index (κ3) is 6.28. The predicted octanol–water partition coefficient (Wildman–Crippen LogP) is 4.95. The molecule has 0 spiro atoms. The van der Waals surface area contributed by atoms with E-state index in [4.69, 9.17) is 9.47 Å². The number of nitrogens with zero attached hydrogens (tertiary/aromatic N) is 3. The van der Waals surface area contributed by atoms with E-state index in [1.807, 2.05) is 12.1 Å². The smallest absolute Gasteiger partial charge is 0.421 e. The minimum atomic E-state index is -4.72. The maximum Gasteiger partial charge on any atom is 0.421 e. The van der Waals surface area contributed by atoms with E-state index in [2.05, 4.69) is 37.4 Å². The average Bonchev–Trinajstić information content (AvgIpc) is 2.90. The molecule has 1 aliphatic heterocycles. The Morgan fingerprint density at radius 2 is 1.84 bits per heavy atom. The summed E-state index contributed by atoms with van der Waals surface area (Å²) in [6.45, 7) is 6.11. The molecule has 0 unspecified atom stereocenters. The zero-order valence-corrected chi connectivity index (χ0v) is 19.9. The zero-order valence-electron chi connectivity index (χ0n) is 19.9. The molecule has 37 heavy (non-hydrogen) atoms. The van der Waals surface area contributed by atoms with E-state index >= 15 is 0 Å². The van der Waals surface area contributed by atoms with Crippen molar-refractivity contribution in [2.75, 3.05) is 54.3 Å². The lowest BCUT2D eigenvalue weighted by atomic mass is 10.2. The van der Waals surface area contributed by atoms with E-state index in [0.29, 0.717) is 30.8 Å². The molecule has 194 valence electrons. The number of alkyl halides is 3. The van der Waals surface area contributed by atoms with Gasteiger partial charge in [-0.15, -0.1) is 0 Å². The number of ether oxygens (including phenoxy) is 2. The van der Waals surface area contributed by atoms with E-state index in [1.165, 1.54) is 19.2 Å². The predicted molar refractivity (Wildman–Crippen MR) is 135 cm³/mol. The van der Waals surface area contributed by atoms with Crippen LogP contribution in [-0.2, 0) is 15.7 Å². The second kappa shape index (κ2) is 11.2. The summed E-state index contributed by atoms with van der Waals surface area (Å²) in [5, 5.41) is 8.16. The van der Waals surface area contributed by atoms with E-state index in [-0.39, 0.29) is 17.3 Å². The van der Waals surface area contributed by atoms with Gasteiger partial charge in [-0.1, -0.05) is 18.7 Å². The van der Waals surface area contributed by atoms with Crippen LogP contribution in [0, 0.1) is 0 Å². The summed E-state index contributed by atoms with van der Waals surface area (Å²) in [5.74, 6) is -0.614. The van der Waals surface area contributed by atoms with Gasteiger partial charge >= 0.3 is 6.18 Å². The number of hydrogen-bond acceptors (Lipinski definition) is 8. The molecule has 2 heterocycles. The van der Waals surface area contributed by atoms with Gasteiger partial charge in [0, 0.05) is 31.0 Å². The number of aromatic nitrogens is 2. The van der Waals surface area contributed by atoms with Gasteiger partial charge in [0.05, 0.1) is 37.4 Å². The fraction of sp³-hybridized carbons (Fsp3) is 0.240. The molecule has 12 heteroatoms. The minimum Gasteiger partial charge on any atom is -0.494 e. The lowest BCUT2D eigenvalue weighted by molar-refractivity contribution is -0.137. The Morgan fingerprint density at radius 3 is 2.51 bits per heavy atom. The van der Waals surface area contributed by atoms with Crippen LogP contribution >= 0.6 is 0 Å². The van der Waals surface area contributed by atoms with Gasteiger partial charge in [-0.2, -0.15) is 18.2 Å².